The van der Waals surface area contributed by atoms with Crippen molar-refractivity contribution in [1.82, 2.24) is 0 Å². The molecule has 0 aromatic heterocycles. The number of rotatable bonds is 4. The second-order valence-electron chi connectivity index (χ2n) is 4.05. The first-order chi connectivity index (χ1) is 7.08. The van der Waals surface area contributed by atoms with Crippen LogP contribution in [-0.4, -0.2) is 23.4 Å². The van der Waals surface area contributed by atoms with Crippen molar-refractivity contribution in [2.75, 3.05) is 13.2 Å². The van der Waals surface area contributed by atoms with Gasteiger partial charge in [-0.1, -0.05) is 0 Å². The third-order valence-electron chi connectivity index (χ3n) is 2.77. The Bertz CT molecular complexity index is 309. The van der Waals surface area contributed by atoms with Crippen molar-refractivity contribution in [3.63, 3.8) is 0 Å². The zero-order valence-electron chi connectivity index (χ0n) is 9.33. The summed E-state index contributed by atoms with van der Waals surface area (Å²) in [4.78, 5) is 0. The SMILES string of the molecule is Cc1cc(O)cc(C)c1CC(CN)CO. The summed E-state index contributed by atoms with van der Waals surface area (Å²) in [6, 6.07) is 3.49. The summed E-state index contributed by atoms with van der Waals surface area (Å²) < 4.78 is 0. The van der Waals surface area contributed by atoms with Crippen LogP contribution in [0.4, 0.5) is 0 Å². The van der Waals surface area contributed by atoms with Crippen molar-refractivity contribution in [3.05, 3.63) is 28.8 Å². The maximum Gasteiger partial charge on any atom is 0.116 e. The largest absolute Gasteiger partial charge is 0.508 e. The van der Waals surface area contributed by atoms with Crippen molar-refractivity contribution >= 4 is 0 Å². The van der Waals surface area contributed by atoms with Crippen LogP contribution in [0.3, 0.4) is 0 Å². The molecule has 0 fully saturated rings. The first kappa shape index (κ1) is 12.0. The number of hydrogen-bond donors (Lipinski definition) is 3. The molecule has 1 aromatic carbocycles. The molecule has 0 aliphatic rings. The van der Waals surface area contributed by atoms with Gasteiger partial charge in [0.2, 0.25) is 0 Å². The average Bonchev–Trinajstić information content (AvgIpc) is 2.17. The van der Waals surface area contributed by atoms with E-state index in [9.17, 15) is 5.11 Å². The van der Waals surface area contributed by atoms with E-state index in [0.717, 1.165) is 17.5 Å². The van der Waals surface area contributed by atoms with Gasteiger partial charge >= 0.3 is 0 Å². The summed E-state index contributed by atoms with van der Waals surface area (Å²) in [6.07, 6.45) is 0.769. The highest BCUT2D eigenvalue weighted by Gasteiger charge is 2.11. The fourth-order valence-electron chi connectivity index (χ4n) is 1.80. The Kier molecular flexibility index (Phi) is 4.12. The lowest BCUT2D eigenvalue weighted by Gasteiger charge is -2.16. The maximum absolute atomic E-state index is 9.39. The smallest absolute Gasteiger partial charge is 0.116 e. The van der Waals surface area contributed by atoms with Gasteiger partial charge < -0.3 is 15.9 Å². The Labute approximate surface area is 90.5 Å². The predicted molar refractivity (Wildman–Crippen MR) is 60.9 cm³/mol. The number of phenolic OH excluding ortho intramolecular Hbond substituents is 1. The Hall–Kier alpha value is -1.06. The van der Waals surface area contributed by atoms with Crippen molar-refractivity contribution in [2.45, 2.75) is 20.3 Å². The van der Waals surface area contributed by atoms with E-state index in [2.05, 4.69) is 0 Å². The number of benzene rings is 1. The van der Waals surface area contributed by atoms with Crippen LogP contribution < -0.4 is 5.73 Å². The van der Waals surface area contributed by atoms with E-state index in [4.69, 9.17) is 10.8 Å². The predicted octanol–water partition coefficient (Wildman–Crippen LogP) is 1.12. The highest BCUT2D eigenvalue weighted by molar-refractivity contribution is 5.40. The topological polar surface area (TPSA) is 66.5 Å². The van der Waals surface area contributed by atoms with Crippen LogP contribution in [0, 0.1) is 19.8 Å². The van der Waals surface area contributed by atoms with Crippen LogP contribution in [0.1, 0.15) is 16.7 Å². The number of phenols is 1. The summed E-state index contributed by atoms with van der Waals surface area (Å²) in [5.41, 5.74) is 8.84. The van der Waals surface area contributed by atoms with E-state index < -0.39 is 0 Å². The fraction of sp³-hybridized carbons (Fsp3) is 0.500. The molecule has 84 valence electrons. The van der Waals surface area contributed by atoms with Crippen molar-refractivity contribution in [3.8, 4) is 5.75 Å². The number of aliphatic hydroxyl groups excluding tert-OH is 1. The zero-order valence-corrected chi connectivity index (χ0v) is 9.33. The number of nitrogens with two attached hydrogens (primary N) is 1. The molecule has 1 unspecified atom stereocenters. The van der Waals surface area contributed by atoms with Crippen LogP contribution in [0.2, 0.25) is 0 Å². The highest BCUT2D eigenvalue weighted by Crippen LogP contribution is 2.23. The molecule has 0 aliphatic heterocycles. The molecule has 0 bridgehead atoms. The van der Waals surface area contributed by atoms with E-state index in [1.54, 1.807) is 12.1 Å². The van der Waals surface area contributed by atoms with Crippen LogP contribution >= 0.6 is 0 Å². The molecule has 15 heavy (non-hydrogen) atoms. The quantitative estimate of drug-likeness (QED) is 0.696. The van der Waals surface area contributed by atoms with E-state index in [-0.39, 0.29) is 12.5 Å². The van der Waals surface area contributed by atoms with Gasteiger partial charge in [0.15, 0.2) is 0 Å². The van der Waals surface area contributed by atoms with Crippen LogP contribution in [0.5, 0.6) is 5.75 Å². The first-order valence-electron chi connectivity index (χ1n) is 5.18. The lowest BCUT2D eigenvalue weighted by Crippen LogP contribution is -2.21. The zero-order chi connectivity index (χ0) is 11.4. The van der Waals surface area contributed by atoms with E-state index >= 15 is 0 Å². The average molecular weight is 209 g/mol. The Morgan fingerprint density at radius 1 is 1.27 bits per heavy atom. The number of hydrogen-bond acceptors (Lipinski definition) is 3. The summed E-state index contributed by atoms with van der Waals surface area (Å²) in [5.74, 6) is 0.397. The van der Waals surface area contributed by atoms with Gasteiger partial charge in [-0.2, -0.15) is 0 Å². The van der Waals surface area contributed by atoms with Gasteiger partial charge in [-0.05, 0) is 61.6 Å². The molecule has 0 aliphatic carbocycles. The molecule has 0 radical (unpaired) electrons. The molecule has 0 heterocycles. The van der Waals surface area contributed by atoms with Crippen molar-refractivity contribution < 1.29 is 10.2 Å². The first-order valence-corrected chi connectivity index (χ1v) is 5.18. The lowest BCUT2D eigenvalue weighted by molar-refractivity contribution is 0.229. The minimum atomic E-state index is 0.104. The highest BCUT2D eigenvalue weighted by atomic mass is 16.3. The summed E-state index contributed by atoms with van der Waals surface area (Å²) in [5, 5.41) is 18.5. The number of aryl methyl sites for hydroxylation is 2. The Morgan fingerprint density at radius 2 is 1.80 bits per heavy atom. The standard InChI is InChI=1S/C12H19NO2/c1-8-3-11(15)4-9(2)12(8)5-10(6-13)7-14/h3-4,10,14-15H,5-7,13H2,1-2H3. The van der Waals surface area contributed by atoms with Crippen molar-refractivity contribution in [1.29, 1.82) is 0 Å². The monoisotopic (exact) mass is 209 g/mol. The van der Waals surface area contributed by atoms with Gasteiger partial charge in [-0.15, -0.1) is 0 Å². The van der Waals surface area contributed by atoms with Gasteiger partial charge in [-0.3, -0.25) is 0 Å². The lowest BCUT2D eigenvalue weighted by atomic mass is 9.93. The maximum atomic E-state index is 9.39. The Morgan fingerprint density at radius 3 is 2.20 bits per heavy atom. The van der Waals surface area contributed by atoms with E-state index in [1.165, 1.54) is 5.56 Å². The van der Waals surface area contributed by atoms with Gasteiger partial charge in [0.25, 0.3) is 0 Å². The summed E-state index contributed by atoms with van der Waals surface area (Å²) in [7, 11) is 0. The molecule has 3 nitrogen and oxygen atoms in total. The minimum absolute atomic E-state index is 0.104. The normalized spacial score (nSPS) is 12.8. The van der Waals surface area contributed by atoms with Crippen molar-refractivity contribution in [2.24, 2.45) is 11.7 Å². The summed E-state index contributed by atoms with van der Waals surface area (Å²) >= 11 is 0. The molecule has 1 atom stereocenters. The fourth-order valence-corrected chi connectivity index (χ4v) is 1.80. The van der Waals surface area contributed by atoms with Gasteiger partial charge in [0.05, 0.1) is 0 Å². The molecule has 0 saturated heterocycles. The van der Waals surface area contributed by atoms with E-state index in [0.29, 0.717) is 12.3 Å². The molecule has 0 spiro atoms. The second kappa shape index (κ2) is 5.14. The summed E-state index contributed by atoms with van der Waals surface area (Å²) in [6.45, 7) is 4.52. The third-order valence-corrected chi connectivity index (χ3v) is 2.77. The number of aliphatic hydroxyl groups is 1. The Balaban J connectivity index is 2.94. The van der Waals surface area contributed by atoms with Crippen LogP contribution in [0.25, 0.3) is 0 Å². The van der Waals surface area contributed by atoms with E-state index in [1.807, 2.05) is 13.8 Å². The van der Waals surface area contributed by atoms with Gasteiger partial charge in [-0.25, -0.2) is 0 Å². The minimum Gasteiger partial charge on any atom is -0.508 e. The second-order valence-corrected chi connectivity index (χ2v) is 4.05. The molecule has 1 rings (SSSR count). The molecule has 3 heteroatoms. The molecule has 0 amide bonds. The van der Waals surface area contributed by atoms with Crippen LogP contribution in [0.15, 0.2) is 12.1 Å². The molecular formula is C12H19NO2. The molecule has 0 saturated carbocycles. The van der Waals surface area contributed by atoms with Gasteiger partial charge in [0, 0.05) is 6.61 Å². The molecule has 1 aromatic rings. The third kappa shape index (κ3) is 2.94. The molecular weight excluding hydrogens is 190 g/mol. The van der Waals surface area contributed by atoms with Crippen LogP contribution in [-0.2, 0) is 6.42 Å². The van der Waals surface area contributed by atoms with Gasteiger partial charge in [0.1, 0.15) is 5.75 Å². The number of aromatic hydroxyl groups is 1. The molecule has 4 N–H and O–H groups in total.